The number of halogens is 1. The average molecular weight is 254 g/mol. The first kappa shape index (κ1) is 14.4. The molecule has 1 aromatic rings. The Morgan fingerprint density at radius 2 is 2.22 bits per heavy atom. The van der Waals surface area contributed by atoms with Gasteiger partial charge in [0.25, 0.3) is 5.91 Å². The predicted molar refractivity (Wildman–Crippen MR) is 68.9 cm³/mol. The zero-order chi connectivity index (χ0) is 13.7. The number of methoxy groups -OCH3 is 1. The number of likely N-dealkylation sites (N-methyl/N-ethyl adjacent to an activating group) is 1. The van der Waals surface area contributed by atoms with E-state index in [-0.39, 0.29) is 17.5 Å². The molecule has 1 atom stereocenters. The molecule has 0 aromatic heterocycles. The first-order chi connectivity index (χ1) is 8.51. The van der Waals surface area contributed by atoms with Gasteiger partial charge in [0.1, 0.15) is 5.82 Å². The number of nitrogens with zero attached hydrogens (tertiary/aromatic N) is 1. The van der Waals surface area contributed by atoms with Crippen LogP contribution in [0.4, 0.5) is 10.1 Å². The summed E-state index contributed by atoms with van der Waals surface area (Å²) < 4.78 is 18.6. The van der Waals surface area contributed by atoms with Gasteiger partial charge >= 0.3 is 0 Å². The number of rotatable bonds is 5. The van der Waals surface area contributed by atoms with Crippen LogP contribution in [0.5, 0.6) is 0 Å². The van der Waals surface area contributed by atoms with Gasteiger partial charge < -0.3 is 15.4 Å². The standard InChI is InChI=1S/C13H19FN2O2/c1-4-16(9(2)8-18-3)13(17)11-7-10(15)5-6-12(11)14/h5-7,9H,4,8,15H2,1-3H3. The second kappa shape index (κ2) is 6.35. The minimum absolute atomic E-state index is 0.000182. The highest BCUT2D eigenvalue weighted by Gasteiger charge is 2.22. The van der Waals surface area contributed by atoms with Crippen LogP contribution in [-0.2, 0) is 4.74 Å². The maximum atomic E-state index is 13.6. The van der Waals surface area contributed by atoms with Gasteiger partial charge in [0.05, 0.1) is 18.2 Å². The van der Waals surface area contributed by atoms with Crippen molar-refractivity contribution in [3.05, 3.63) is 29.6 Å². The molecule has 5 heteroatoms. The number of hydrogen-bond acceptors (Lipinski definition) is 3. The van der Waals surface area contributed by atoms with Crippen molar-refractivity contribution in [3.63, 3.8) is 0 Å². The highest BCUT2D eigenvalue weighted by atomic mass is 19.1. The molecule has 0 spiro atoms. The summed E-state index contributed by atoms with van der Waals surface area (Å²) in [5, 5.41) is 0. The van der Waals surface area contributed by atoms with Crippen LogP contribution in [-0.4, -0.2) is 37.1 Å². The highest BCUT2D eigenvalue weighted by molar-refractivity contribution is 5.95. The number of nitrogens with two attached hydrogens (primary N) is 1. The number of benzene rings is 1. The fourth-order valence-corrected chi connectivity index (χ4v) is 1.85. The van der Waals surface area contributed by atoms with Crippen molar-refractivity contribution in [1.29, 1.82) is 0 Å². The molecule has 0 saturated carbocycles. The summed E-state index contributed by atoms with van der Waals surface area (Å²) in [5.41, 5.74) is 5.95. The van der Waals surface area contributed by atoms with Gasteiger partial charge in [-0.25, -0.2) is 4.39 Å². The Balaban J connectivity index is 2.99. The smallest absolute Gasteiger partial charge is 0.257 e. The normalized spacial score (nSPS) is 12.2. The van der Waals surface area contributed by atoms with Crippen molar-refractivity contribution in [3.8, 4) is 0 Å². The van der Waals surface area contributed by atoms with Crippen LogP contribution in [0.15, 0.2) is 18.2 Å². The number of hydrogen-bond donors (Lipinski definition) is 1. The van der Waals surface area contributed by atoms with E-state index in [2.05, 4.69) is 0 Å². The lowest BCUT2D eigenvalue weighted by Gasteiger charge is -2.27. The zero-order valence-electron chi connectivity index (χ0n) is 10.9. The number of carbonyl (C=O) groups is 1. The van der Waals surface area contributed by atoms with E-state index in [1.165, 1.54) is 18.2 Å². The molecule has 1 unspecified atom stereocenters. The molecule has 4 nitrogen and oxygen atoms in total. The Hall–Kier alpha value is -1.62. The van der Waals surface area contributed by atoms with E-state index in [1.807, 2.05) is 13.8 Å². The van der Waals surface area contributed by atoms with Crippen molar-refractivity contribution < 1.29 is 13.9 Å². The predicted octanol–water partition coefficient (Wildman–Crippen LogP) is 1.90. The summed E-state index contributed by atoms with van der Waals surface area (Å²) >= 11 is 0. The molecular formula is C13H19FN2O2. The second-order valence-electron chi connectivity index (χ2n) is 4.13. The molecule has 0 heterocycles. The highest BCUT2D eigenvalue weighted by Crippen LogP contribution is 2.16. The van der Waals surface area contributed by atoms with Gasteiger partial charge in [0.15, 0.2) is 0 Å². The molecule has 0 saturated heterocycles. The van der Waals surface area contributed by atoms with E-state index in [0.29, 0.717) is 18.8 Å². The van der Waals surface area contributed by atoms with Crippen LogP contribution in [0.2, 0.25) is 0 Å². The van der Waals surface area contributed by atoms with Crippen molar-refractivity contribution >= 4 is 11.6 Å². The van der Waals surface area contributed by atoms with Crippen molar-refractivity contribution in [2.75, 3.05) is 26.0 Å². The fourth-order valence-electron chi connectivity index (χ4n) is 1.85. The van der Waals surface area contributed by atoms with Gasteiger partial charge in [-0.3, -0.25) is 4.79 Å². The van der Waals surface area contributed by atoms with E-state index in [1.54, 1.807) is 12.0 Å². The second-order valence-corrected chi connectivity index (χ2v) is 4.13. The van der Waals surface area contributed by atoms with E-state index in [0.717, 1.165) is 0 Å². The monoisotopic (exact) mass is 254 g/mol. The summed E-state index contributed by atoms with van der Waals surface area (Å²) in [5.74, 6) is -0.927. The Kier molecular flexibility index (Phi) is 5.09. The molecule has 1 aromatic carbocycles. The van der Waals surface area contributed by atoms with Crippen LogP contribution >= 0.6 is 0 Å². The fraction of sp³-hybridized carbons (Fsp3) is 0.462. The third kappa shape index (κ3) is 3.20. The summed E-state index contributed by atoms with van der Waals surface area (Å²) in [6, 6.07) is 3.88. The van der Waals surface area contributed by atoms with Crippen molar-refractivity contribution in [1.82, 2.24) is 4.90 Å². The largest absolute Gasteiger partial charge is 0.399 e. The Bertz CT molecular complexity index is 423. The maximum Gasteiger partial charge on any atom is 0.257 e. The van der Waals surface area contributed by atoms with Crippen LogP contribution in [0.1, 0.15) is 24.2 Å². The Labute approximate surface area is 107 Å². The first-order valence-electron chi connectivity index (χ1n) is 5.86. The Morgan fingerprint density at radius 1 is 1.56 bits per heavy atom. The van der Waals surface area contributed by atoms with Crippen molar-refractivity contribution in [2.45, 2.75) is 19.9 Å². The number of nitrogen functional groups attached to an aromatic ring is 1. The van der Waals surface area contributed by atoms with Gasteiger partial charge in [0.2, 0.25) is 0 Å². The van der Waals surface area contributed by atoms with Gasteiger partial charge in [0, 0.05) is 19.3 Å². The zero-order valence-corrected chi connectivity index (χ0v) is 10.9. The Morgan fingerprint density at radius 3 is 2.78 bits per heavy atom. The lowest BCUT2D eigenvalue weighted by atomic mass is 10.1. The van der Waals surface area contributed by atoms with Crippen LogP contribution in [0.3, 0.4) is 0 Å². The molecule has 1 rings (SSSR count). The molecule has 2 N–H and O–H groups in total. The van der Waals surface area contributed by atoms with E-state index < -0.39 is 5.82 Å². The summed E-state index contributed by atoms with van der Waals surface area (Å²) in [6.45, 7) is 4.59. The van der Waals surface area contributed by atoms with Crippen molar-refractivity contribution in [2.24, 2.45) is 0 Å². The van der Waals surface area contributed by atoms with Crippen LogP contribution in [0.25, 0.3) is 0 Å². The third-order valence-corrected chi connectivity index (χ3v) is 2.76. The molecule has 1 amide bonds. The number of amides is 1. The molecular weight excluding hydrogens is 235 g/mol. The lowest BCUT2D eigenvalue weighted by Crippen LogP contribution is -2.41. The quantitative estimate of drug-likeness (QED) is 0.816. The van der Waals surface area contributed by atoms with Crippen LogP contribution in [0, 0.1) is 5.82 Å². The number of ether oxygens (including phenoxy) is 1. The molecule has 0 aliphatic heterocycles. The average Bonchev–Trinajstić information content (AvgIpc) is 2.33. The summed E-state index contributed by atoms with van der Waals surface area (Å²) in [6.07, 6.45) is 0. The molecule has 0 aliphatic carbocycles. The van der Waals surface area contributed by atoms with Gasteiger partial charge in [-0.1, -0.05) is 0 Å². The van der Waals surface area contributed by atoms with E-state index in [9.17, 15) is 9.18 Å². The first-order valence-corrected chi connectivity index (χ1v) is 5.86. The van der Waals surface area contributed by atoms with Crippen LogP contribution < -0.4 is 5.73 Å². The molecule has 0 bridgehead atoms. The maximum absolute atomic E-state index is 13.6. The minimum Gasteiger partial charge on any atom is -0.399 e. The molecule has 100 valence electrons. The molecule has 18 heavy (non-hydrogen) atoms. The lowest BCUT2D eigenvalue weighted by molar-refractivity contribution is 0.0575. The minimum atomic E-state index is -0.558. The summed E-state index contributed by atoms with van der Waals surface area (Å²) in [7, 11) is 1.57. The van der Waals surface area contributed by atoms with Gasteiger partial charge in [-0.05, 0) is 32.0 Å². The molecule has 0 fully saturated rings. The third-order valence-electron chi connectivity index (χ3n) is 2.76. The topological polar surface area (TPSA) is 55.6 Å². The summed E-state index contributed by atoms with van der Waals surface area (Å²) in [4.78, 5) is 13.8. The number of anilines is 1. The van der Waals surface area contributed by atoms with Gasteiger partial charge in [-0.2, -0.15) is 0 Å². The van der Waals surface area contributed by atoms with E-state index in [4.69, 9.17) is 10.5 Å². The molecule has 0 aliphatic rings. The van der Waals surface area contributed by atoms with E-state index >= 15 is 0 Å². The molecule has 0 radical (unpaired) electrons. The number of carbonyl (C=O) groups excluding carboxylic acids is 1. The SMILES string of the molecule is CCN(C(=O)c1cc(N)ccc1F)C(C)COC. The van der Waals surface area contributed by atoms with Gasteiger partial charge in [-0.15, -0.1) is 0 Å².